The fourth-order valence-electron chi connectivity index (χ4n) is 4.11. The van der Waals surface area contributed by atoms with Gasteiger partial charge < -0.3 is 19.2 Å². The van der Waals surface area contributed by atoms with Gasteiger partial charge in [0.25, 0.3) is 17.2 Å². The Morgan fingerprint density at radius 3 is 2.59 bits per heavy atom. The standard InChI is InChI=1S/C23H20N8O/c1-15-13-31(11-10-30(15)14-16-6-5-7-19(25-2)27-16)22-17(12-24)23(32)29(4)18-8-9-20(26-3)28-21(18)22/h5-9,15H,10-11,13-14H2,1,4H3/t15-/m1/s1. The van der Waals surface area contributed by atoms with Crippen LogP contribution in [0, 0.1) is 24.5 Å². The number of aromatic nitrogens is 3. The van der Waals surface area contributed by atoms with Crippen LogP contribution in [0.25, 0.3) is 20.7 Å². The van der Waals surface area contributed by atoms with Crippen molar-refractivity contribution in [2.45, 2.75) is 19.5 Å². The van der Waals surface area contributed by atoms with Crippen LogP contribution in [0.3, 0.4) is 0 Å². The number of nitriles is 1. The maximum Gasteiger partial charge on any atom is 0.271 e. The Bertz CT molecular complexity index is 1390. The predicted molar refractivity (Wildman–Crippen MR) is 121 cm³/mol. The minimum Gasteiger partial charge on any atom is -0.364 e. The second-order valence-corrected chi connectivity index (χ2v) is 7.71. The summed E-state index contributed by atoms with van der Waals surface area (Å²) in [6.45, 7) is 19.0. The summed E-state index contributed by atoms with van der Waals surface area (Å²) in [5.74, 6) is 0.597. The molecular weight excluding hydrogens is 404 g/mol. The molecule has 3 aromatic rings. The lowest BCUT2D eigenvalue weighted by molar-refractivity contribution is 0.179. The molecule has 1 saturated heterocycles. The van der Waals surface area contributed by atoms with Crippen LogP contribution in [0.5, 0.6) is 0 Å². The molecule has 4 rings (SSSR count). The second-order valence-electron chi connectivity index (χ2n) is 7.71. The van der Waals surface area contributed by atoms with E-state index in [1.807, 2.05) is 17.0 Å². The summed E-state index contributed by atoms with van der Waals surface area (Å²) in [6.07, 6.45) is 0. The zero-order chi connectivity index (χ0) is 22.8. The molecule has 0 N–H and O–H groups in total. The van der Waals surface area contributed by atoms with Gasteiger partial charge in [-0.05, 0) is 31.2 Å². The van der Waals surface area contributed by atoms with Crippen molar-refractivity contribution < 1.29 is 0 Å². The first-order valence-corrected chi connectivity index (χ1v) is 10.1. The summed E-state index contributed by atoms with van der Waals surface area (Å²) >= 11 is 0. The number of nitrogens with zero attached hydrogens (tertiary/aromatic N) is 8. The van der Waals surface area contributed by atoms with E-state index in [1.54, 1.807) is 25.2 Å². The van der Waals surface area contributed by atoms with Gasteiger partial charge >= 0.3 is 0 Å². The highest BCUT2D eigenvalue weighted by atomic mass is 16.1. The molecule has 1 atom stereocenters. The molecule has 9 nitrogen and oxygen atoms in total. The molecule has 0 amide bonds. The lowest BCUT2D eigenvalue weighted by Gasteiger charge is -2.40. The highest BCUT2D eigenvalue weighted by Gasteiger charge is 2.30. The Morgan fingerprint density at radius 1 is 1.16 bits per heavy atom. The van der Waals surface area contributed by atoms with Crippen molar-refractivity contribution in [1.29, 1.82) is 5.26 Å². The van der Waals surface area contributed by atoms with E-state index in [0.717, 1.165) is 5.69 Å². The molecule has 32 heavy (non-hydrogen) atoms. The summed E-state index contributed by atoms with van der Waals surface area (Å²) in [5, 5.41) is 9.78. The maximum absolute atomic E-state index is 12.9. The average molecular weight is 424 g/mol. The molecule has 0 aromatic carbocycles. The van der Waals surface area contributed by atoms with Gasteiger partial charge in [-0.3, -0.25) is 9.69 Å². The summed E-state index contributed by atoms with van der Waals surface area (Å²) in [7, 11) is 1.61. The third kappa shape index (κ3) is 3.65. The number of pyridine rings is 3. The molecule has 3 aromatic heterocycles. The zero-order valence-electron chi connectivity index (χ0n) is 17.8. The number of rotatable bonds is 3. The van der Waals surface area contributed by atoms with E-state index in [0.29, 0.717) is 48.7 Å². The van der Waals surface area contributed by atoms with Gasteiger partial charge in [0, 0.05) is 32.7 Å². The molecule has 0 aliphatic carbocycles. The molecule has 0 bridgehead atoms. The van der Waals surface area contributed by atoms with Gasteiger partial charge in [0.1, 0.15) is 23.0 Å². The first kappa shape index (κ1) is 21.0. The topological polar surface area (TPSA) is 86.8 Å². The van der Waals surface area contributed by atoms with Gasteiger partial charge in [0.2, 0.25) is 5.52 Å². The van der Waals surface area contributed by atoms with Crippen molar-refractivity contribution in [3.05, 3.63) is 74.8 Å². The van der Waals surface area contributed by atoms with Crippen molar-refractivity contribution >= 4 is 28.4 Å². The molecule has 1 aliphatic heterocycles. The van der Waals surface area contributed by atoms with Gasteiger partial charge in [0.15, 0.2) is 0 Å². The molecule has 0 spiro atoms. The van der Waals surface area contributed by atoms with Crippen LogP contribution in [0.1, 0.15) is 18.2 Å². The zero-order valence-corrected chi connectivity index (χ0v) is 17.8. The maximum atomic E-state index is 12.9. The highest BCUT2D eigenvalue weighted by molar-refractivity contribution is 5.92. The first-order valence-electron chi connectivity index (χ1n) is 10.1. The van der Waals surface area contributed by atoms with Gasteiger partial charge in [-0.25, -0.2) is 0 Å². The Hall–Kier alpha value is -4.26. The number of hydrogen-bond donors (Lipinski definition) is 0. The van der Waals surface area contributed by atoms with E-state index >= 15 is 0 Å². The van der Waals surface area contributed by atoms with E-state index in [1.165, 1.54) is 4.57 Å². The minimum atomic E-state index is -0.373. The van der Waals surface area contributed by atoms with Crippen molar-refractivity contribution in [2.24, 2.45) is 7.05 Å². The minimum absolute atomic E-state index is 0.0432. The molecule has 0 unspecified atom stereocenters. The molecular formula is C23H20N8O. The summed E-state index contributed by atoms with van der Waals surface area (Å²) < 4.78 is 1.41. The van der Waals surface area contributed by atoms with E-state index in [4.69, 9.17) is 13.1 Å². The smallest absolute Gasteiger partial charge is 0.271 e. The largest absolute Gasteiger partial charge is 0.364 e. The number of aryl methyl sites for hydroxylation is 1. The number of piperazine rings is 1. The van der Waals surface area contributed by atoms with Crippen LogP contribution >= 0.6 is 0 Å². The number of hydrogen-bond acceptors (Lipinski definition) is 6. The Kier molecular flexibility index (Phi) is 5.55. The van der Waals surface area contributed by atoms with E-state index in [-0.39, 0.29) is 23.0 Å². The lowest BCUT2D eigenvalue weighted by atomic mass is 10.1. The third-order valence-electron chi connectivity index (χ3n) is 5.78. The fourth-order valence-corrected chi connectivity index (χ4v) is 4.11. The van der Waals surface area contributed by atoms with Crippen LogP contribution in [0.4, 0.5) is 17.3 Å². The summed E-state index contributed by atoms with van der Waals surface area (Å²) in [5.41, 5.74) is 2.08. The predicted octanol–water partition coefficient (Wildman–Crippen LogP) is 3.01. The van der Waals surface area contributed by atoms with E-state index in [2.05, 4.69) is 37.6 Å². The molecule has 1 fully saturated rings. The Morgan fingerprint density at radius 2 is 1.91 bits per heavy atom. The van der Waals surface area contributed by atoms with Gasteiger partial charge in [-0.1, -0.05) is 19.2 Å². The van der Waals surface area contributed by atoms with E-state index in [9.17, 15) is 10.1 Å². The second kappa shape index (κ2) is 8.47. The van der Waals surface area contributed by atoms with Crippen LogP contribution in [0.2, 0.25) is 0 Å². The Balaban J connectivity index is 1.69. The average Bonchev–Trinajstić information content (AvgIpc) is 2.82. The van der Waals surface area contributed by atoms with Crippen molar-refractivity contribution in [3.8, 4) is 6.07 Å². The molecule has 9 heteroatoms. The van der Waals surface area contributed by atoms with Crippen LogP contribution in [0.15, 0.2) is 35.1 Å². The van der Waals surface area contributed by atoms with Gasteiger partial charge in [-0.15, -0.1) is 9.97 Å². The summed E-state index contributed by atoms with van der Waals surface area (Å²) in [6, 6.07) is 10.9. The monoisotopic (exact) mass is 424 g/mol. The summed E-state index contributed by atoms with van der Waals surface area (Å²) in [4.78, 5) is 32.8. The normalized spacial score (nSPS) is 16.3. The molecule has 0 saturated carbocycles. The molecule has 158 valence electrons. The fraction of sp³-hybridized carbons (Fsp3) is 0.304. The highest BCUT2D eigenvalue weighted by Crippen LogP contribution is 2.30. The third-order valence-corrected chi connectivity index (χ3v) is 5.78. The first-order chi connectivity index (χ1) is 15.5. The van der Waals surface area contributed by atoms with Crippen molar-refractivity contribution in [2.75, 3.05) is 24.5 Å². The van der Waals surface area contributed by atoms with Crippen molar-refractivity contribution in [1.82, 2.24) is 19.4 Å². The van der Waals surface area contributed by atoms with Gasteiger partial charge in [0.05, 0.1) is 12.1 Å². The van der Waals surface area contributed by atoms with Crippen LogP contribution in [-0.4, -0.2) is 45.1 Å². The molecule has 0 radical (unpaired) electrons. The lowest BCUT2D eigenvalue weighted by Crippen LogP contribution is -2.52. The van der Waals surface area contributed by atoms with E-state index < -0.39 is 0 Å². The number of anilines is 1. The van der Waals surface area contributed by atoms with Crippen molar-refractivity contribution in [3.63, 3.8) is 0 Å². The number of fused-ring (bicyclic) bond motifs is 1. The van der Waals surface area contributed by atoms with Crippen LogP contribution < -0.4 is 10.5 Å². The quantitative estimate of drug-likeness (QED) is 0.601. The van der Waals surface area contributed by atoms with Crippen LogP contribution in [-0.2, 0) is 13.6 Å². The molecule has 4 heterocycles. The SMILES string of the molecule is [C-]#[N+]c1cccc(CN2CCN(c3c(C#N)c(=O)n(C)c4ccc([N+]#[C-])nc34)C[C@H]2C)n1. The Labute approximate surface area is 185 Å². The van der Waals surface area contributed by atoms with Gasteiger partial charge in [-0.2, -0.15) is 5.26 Å². The molecule has 1 aliphatic rings.